The molecule has 0 atom stereocenters. The third-order valence-corrected chi connectivity index (χ3v) is 6.58. The van der Waals surface area contributed by atoms with Crippen LogP contribution in [0.2, 0.25) is 20.1 Å². The van der Waals surface area contributed by atoms with Crippen molar-refractivity contribution in [1.82, 2.24) is 10.6 Å². The number of hydrogen-bond donors (Lipinski definition) is 2. The van der Waals surface area contributed by atoms with Crippen LogP contribution in [0.3, 0.4) is 0 Å². The highest BCUT2D eigenvalue weighted by Gasteiger charge is 2.29. The minimum Gasteiger partial charge on any atom is -0.352 e. The molecule has 0 heterocycles. The number of nitrogens with one attached hydrogen (secondary N) is 2. The van der Waals surface area contributed by atoms with Crippen LogP contribution in [0, 0.1) is 11.8 Å². The largest absolute Gasteiger partial charge is 0.352 e. The van der Waals surface area contributed by atoms with Gasteiger partial charge in [-0.15, -0.1) is 0 Å². The summed E-state index contributed by atoms with van der Waals surface area (Å²) >= 11 is 24.1. The summed E-state index contributed by atoms with van der Waals surface area (Å²) in [4.78, 5) is 25.0. The number of carbonyl (C=O) groups is 2. The Bertz CT molecular complexity index is 852. The molecular weight excluding hydrogens is 466 g/mol. The Kier molecular flexibility index (Phi) is 8.29. The van der Waals surface area contributed by atoms with Gasteiger partial charge in [0.05, 0.1) is 0 Å². The van der Waals surface area contributed by atoms with Gasteiger partial charge in [0.2, 0.25) is 11.8 Å². The lowest BCUT2D eigenvalue weighted by Gasteiger charge is -2.27. The molecule has 0 radical (unpaired) electrons. The first kappa shape index (κ1) is 23.2. The SMILES string of the molecule is O=C(NCc1ccc(Cl)cc1Cl)C1CCC(C(=O)NCc2ccc(Cl)cc2Cl)CC1. The lowest BCUT2D eigenvalue weighted by molar-refractivity contribution is -0.130. The van der Waals surface area contributed by atoms with E-state index in [1.54, 1.807) is 36.4 Å². The average molecular weight is 488 g/mol. The Balaban J connectivity index is 1.43. The zero-order chi connectivity index (χ0) is 21.7. The van der Waals surface area contributed by atoms with Crippen molar-refractivity contribution in [3.8, 4) is 0 Å². The maximum absolute atomic E-state index is 12.5. The molecule has 160 valence electrons. The molecule has 8 heteroatoms. The van der Waals surface area contributed by atoms with Crippen molar-refractivity contribution in [2.45, 2.75) is 38.8 Å². The van der Waals surface area contributed by atoms with E-state index in [1.807, 2.05) is 0 Å². The molecular formula is C22H22Cl4N2O2. The molecule has 1 aliphatic carbocycles. The maximum Gasteiger partial charge on any atom is 0.223 e. The van der Waals surface area contributed by atoms with Gasteiger partial charge in [-0.05, 0) is 61.1 Å². The van der Waals surface area contributed by atoms with Gasteiger partial charge in [0, 0.05) is 45.0 Å². The quantitative estimate of drug-likeness (QED) is 0.521. The molecule has 4 nitrogen and oxygen atoms in total. The smallest absolute Gasteiger partial charge is 0.223 e. The van der Waals surface area contributed by atoms with Crippen LogP contribution < -0.4 is 10.6 Å². The minimum absolute atomic E-state index is 0.00665. The Hall–Kier alpha value is -1.46. The lowest BCUT2D eigenvalue weighted by Crippen LogP contribution is -2.37. The first-order chi connectivity index (χ1) is 14.3. The fourth-order valence-electron chi connectivity index (χ4n) is 3.60. The minimum atomic E-state index is -0.0918. The molecule has 0 aromatic heterocycles. The summed E-state index contributed by atoms with van der Waals surface area (Å²) in [5.41, 5.74) is 1.65. The second kappa shape index (κ2) is 10.7. The number of hydrogen-bond acceptors (Lipinski definition) is 2. The van der Waals surface area contributed by atoms with Gasteiger partial charge in [0.1, 0.15) is 0 Å². The molecule has 1 fully saturated rings. The summed E-state index contributed by atoms with van der Waals surface area (Å²) < 4.78 is 0. The van der Waals surface area contributed by atoms with Crippen molar-refractivity contribution >= 4 is 58.2 Å². The van der Waals surface area contributed by atoms with Gasteiger partial charge in [0.25, 0.3) is 0 Å². The molecule has 0 spiro atoms. The van der Waals surface area contributed by atoms with Crippen LogP contribution in [-0.2, 0) is 22.7 Å². The number of rotatable bonds is 6. The molecule has 30 heavy (non-hydrogen) atoms. The summed E-state index contributed by atoms with van der Waals surface area (Å²) in [7, 11) is 0. The van der Waals surface area contributed by atoms with Crippen LogP contribution in [-0.4, -0.2) is 11.8 Å². The van der Waals surface area contributed by atoms with Gasteiger partial charge in [-0.2, -0.15) is 0 Å². The number of benzene rings is 2. The van der Waals surface area contributed by atoms with E-state index in [-0.39, 0.29) is 23.7 Å². The highest BCUT2D eigenvalue weighted by atomic mass is 35.5. The number of amides is 2. The fourth-order valence-corrected chi connectivity index (χ4v) is 4.55. The molecule has 0 saturated heterocycles. The molecule has 0 aliphatic heterocycles. The molecule has 2 amide bonds. The van der Waals surface area contributed by atoms with Gasteiger partial charge in [-0.25, -0.2) is 0 Å². The molecule has 2 aromatic rings. The van der Waals surface area contributed by atoms with Crippen molar-refractivity contribution in [2.24, 2.45) is 11.8 Å². The fraction of sp³-hybridized carbons (Fsp3) is 0.364. The summed E-state index contributed by atoms with van der Waals surface area (Å²) in [5, 5.41) is 8.06. The van der Waals surface area contributed by atoms with Gasteiger partial charge < -0.3 is 10.6 Å². The van der Waals surface area contributed by atoms with Gasteiger partial charge in [-0.3, -0.25) is 9.59 Å². The lowest BCUT2D eigenvalue weighted by atomic mass is 9.81. The van der Waals surface area contributed by atoms with Crippen LogP contribution >= 0.6 is 46.4 Å². The highest BCUT2D eigenvalue weighted by molar-refractivity contribution is 6.35. The van der Waals surface area contributed by atoms with E-state index in [4.69, 9.17) is 46.4 Å². The van der Waals surface area contributed by atoms with Crippen molar-refractivity contribution in [1.29, 1.82) is 0 Å². The van der Waals surface area contributed by atoms with Gasteiger partial charge in [-0.1, -0.05) is 58.5 Å². The molecule has 0 bridgehead atoms. The predicted molar refractivity (Wildman–Crippen MR) is 122 cm³/mol. The highest BCUT2D eigenvalue weighted by Crippen LogP contribution is 2.30. The van der Waals surface area contributed by atoms with Crippen molar-refractivity contribution in [3.63, 3.8) is 0 Å². The normalized spacial score (nSPS) is 18.7. The topological polar surface area (TPSA) is 58.2 Å². The van der Waals surface area contributed by atoms with E-state index in [0.717, 1.165) is 11.1 Å². The van der Waals surface area contributed by atoms with Crippen molar-refractivity contribution < 1.29 is 9.59 Å². The first-order valence-corrected chi connectivity index (χ1v) is 11.3. The van der Waals surface area contributed by atoms with E-state index in [2.05, 4.69) is 10.6 Å². The molecule has 2 aromatic carbocycles. The number of carbonyl (C=O) groups excluding carboxylic acids is 2. The van der Waals surface area contributed by atoms with E-state index in [0.29, 0.717) is 58.9 Å². The Labute approximate surface area is 196 Å². The monoisotopic (exact) mass is 486 g/mol. The molecule has 1 aliphatic rings. The standard InChI is InChI=1S/C22H22Cl4N2O2/c23-17-7-5-15(19(25)9-17)11-27-21(29)13-1-2-14(4-3-13)22(30)28-12-16-6-8-18(24)10-20(16)26/h5-10,13-14H,1-4,11-12H2,(H,27,29)(H,28,30). The van der Waals surface area contributed by atoms with Crippen LogP contribution in [0.15, 0.2) is 36.4 Å². The van der Waals surface area contributed by atoms with E-state index >= 15 is 0 Å². The Morgan fingerprint density at radius 1 is 0.700 bits per heavy atom. The second-order valence-electron chi connectivity index (χ2n) is 7.46. The maximum atomic E-state index is 12.5. The third kappa shape index (κ3) is 6.27. The predicted octanol–water partition coefficient (Wildman–Crippen LogP) is 6.04. The molecule has 1 saturated carbocycles. The van der Waals surface area contributed by atoms with Crippen molar-refractivity contribution in [2.75, 3.05) is 0 Å². The summed E-state index contributed by atoms with van der Waals surface area (Å²) in [5.74, 6) is -0.197. The third-order valence-electron chi connectivity index (χ3n) is 5.41. The molecule has 3 rings (SSSR count). The Morgan fingerprint density at radius 3 is 1.40 bits per heavy atom. The average Bonchev–Trinajstić information content (AvgIpc) is 2.72. The molecule has 2 N–H and O–H groups in total. The van der Waals surface area contributed by atoms with E-state index in [9.17, 15) is 9.59 Å². The van der Waals surface area contributed by atoms with Crippen LogP contribution in [0.25, 0.3) is 0 Å². The summed E-state index contributed by atoms with van der Waals surface area (Å²) in [6.45, 7) is 0.716. The Morgan fingerprint density at radius 2 is 1.07 bits per heavy atom. The first-order valence-electron chi connectivity index (χ1n) is 9.76. The zero-order valence-electron chi connectivity index (χ0n) is 16.2. The van der Waals surface area contributed by atoms with Crippen LogP contribution in [0.4, 0.5) is 0 Å². The van der Waals surface area contributed by atoms with Crippen LogP contribution in [0.5, 0.6) is 0 Å². The van der Waals surface area contributed by atoms with E-state index < -0.39 is 0 Å². The number of halogens is 4. The summed E-state index contributed by atoms with van der Waals surface area (Å²) in [6.07, 6.45) is 2.72. The zero-order valence-corrected chi connectivity index (χ0v) is 19.2. The van der Waals surface area contributed by atoms with Crippen LogP contribution in [0.1, 0.15) is 36.8 Å². The van der Waals surface area contributed by atoms with E-state index in [1.165, 1.54) is 0 Å². The second-order valence-corrected chi connectivity index (χ2v) is 9.14. The van der Waals surface area contributed by atoms with Gasteiger partial charge in [0.15, 0.2) is 0 Å². The van der Waals surface area contributed by atoms with Crippen molar-refractivity contribution in [3.05, 3.63) is 67.6 Å². The molecule has 0 unspecified atom stereocenters. The van der Waals surface area contributed by atoms with Gasteiger partial charge >= 0.3 is 0 Å². The summed E-state index contributed by atoms with van der Waals surface area (Å²) in [6, 6.07) is 10.4.